The third-order valence-electron chi connectivity index (χ3n) is 3.66. The maximum atomic E-state index is 13.0. The maximum absolute atomic E-state index is 13.0. The normalized spacial score (nSPS) is 11.8. The Bertz CT molecular complexity index is 881. The molecule has 2 N–H and O–H groups in total. The second kappa shape index (κ2) is 8.84. The van der Waals surface area contributed by atoms with Gasteiger partial charge in [0.1, 0.15) is 4.90 Å². The van der Waals surface area contributed by atoms with E-state index in [-0.39, 0.29) is 18.9 Å². The summed E-state index contributed by atoms with van der Waals surface area (Å²) in [5.74, 6) is 0. The largest absolute Gasteiger partial charge is 0.395 e. The first kappa shape index (κ1) is 20.0. The van der Waals surface area contributed by atoms with Gasteiger partial charge < -0.3 is 15.1 Å². The van der Waals surface area contributed by atoms with Crippen LogP contribution in [0.3, 0.4) is 0 Å². The summed E-state index contributed by atoms with van der Waals surface area (Å²) in [6.45, 7) is 2.55. The number of hydrogen-bond acceptors (Lipinski definition) is 7. The molecule has 140 valence electrons. The number of azo groups is 1. The lowest BCUT2D eigenvalue weighted by atomic mass is 10.1. The molecule has 0 aliphatic rings. The van der Waals surface area contributed by atoms with E-state index in [0.29, 0.717) is 18.8 Å². The predicted octanol–water partition coefficient (Wildman–Crippen LogP) is 2.86. The topological polar surface area (TPSA) is 103 Å². The van der Waals surface area contributed by atoms with E-state index in [4.69, 9.17) is 10.2 Å². The zero-order chi connectivity index (χ0) is 19.2. The van der Waals surface area contributed by atoms with Crippen LogP contribution in [0.15, 0.2) is 57.6 Å². The Balaban J connectivity index is 2.24. The molecular weight excluding hydrogens is 361 g/mol. The summed E-state index contributed by atoms with van der Waals surface area (Å²) in [6, 6.07) is 10.5. The van der Waals surface area contributed by atoms with E-state index in [9.17, 15) is 12.3 Å². The average Bonchev–Trinajstić information content (AvgIpc) is 2.60. The summed E-state index contributed by atoms with van der Waals surface area (Å²) >= 11 is 0. The van der Waals surface area contributed by atoms with E-state index in [1.807, 2.05) is 17.9 Å². The molecule has 0 atom stereocenters. The molecule has 0 heterocycles. The molecule has 0 aliphatic carbocycles. The van der Waals surface area contributed by atoms with Crippen molar-refractivity contribution in [2.75, 3.05) is 31.2 Å². The SMILES string of the molecule is Cc1cc(N(CCO)CCO)ccc1/N=N/c1cccc(S(=O)(=O)F)c1. The molecule has 0 fully saturated rings. The third kappa shape index (κ3) is 5.32. The Kier molecular flexibility index (Phi) is 6.78. The van der Waals surface area contributed by atoms with Gasteiger partial charge in [0.25, 0.3) is 0 Å². The van der Waals surface area contributed by atoms with E-state index in [0.717, 1.165) is 23.4 Å². The molecule has 26 heavy (non-hydrogen) atoms. The van der Waals surface area contributed by atoms with Crippen molar-refractivity contribution in [2.45, 2.75) is 11.8 Å². The van der Waals surface area contributed by atoms with Gasteiger partial charge in [0.2, 0.25) is 0 Å². The van der Waals surface area contributed by atoms with Crippen LogP contribution in [0, 0.1) is 6.92 Å². The molecule has 9 heteroatoms. The van der Waals surface area contributed by atoms with Crippen LogP contribution in [-0.4, -0.2) is 44.9 Å². The number of rotatable bonds is 8. The van der Waals surface area contributed by atoms with Gasteiger partial charge in [0.05, 0.1) is 24.6 Å². The molecule has 2 aromatic carbocycles. The standard InChI is InChI=1S/C17H20FN3O4S/c1-13-11-15(21(7-9-22)8-10-23)5-6-17(13)20-19-14-3-2-4-16(12-14)26(18,24)25/h2-6,11-12,22-23H,7-10H2,1H3/b20-19+. The minimum absolute atomic E-state index is 0.0334. The minimum Gasteiger partial charge on any atom is -0.395 e. The highest BCUT2D eigenvalue weighted by Gasteiger charge is 2.12. The minimum atomic E-state index is -4.79. The maximum Gasteiger partial charge on any atom is 0.332 e. The van der Waals surface area contributed by atoms with Gasteiger partial charge in [0.15, 0.2) is 0 Å². The fraction of sp³-hybridized carbons (Fsp3) is 0.294. The van der Waals surface area contributed by atoms with Gasteiger partial charge in [-0.25, -0.2) is 0 Å². The van der Waals surface area contributed by atoms with Gasteiger partial charge in [-0.1, -0.05) is 6.07 Å². The number of benzene rings is 2. The molecule has 7 nitrogen and oxygen atoms in total. The van der Waals surface area contributed by atoms with Crippen LogP contribution < -0.4 is 4.90 Å². The highest BCUT2D eigenvalue weighted by molar-refractivity contribution is 7.86. The van der Waals surface area contributed by atoms with Gasteiger partial charge in [-0.2, -0.15) is 18.6 Å². The number of aliphatic hydroxyl groups excluding tert-OH is 2. The number of aliphatic hydroxyl groups is 2. The van der Waals surface area contributed by atoms with E-state index in [2.05, 4.69) is 10.2 Å². The van der Waals surface area contributed by atoms with Crippen LogP contribution in [-0.2, 0) is 10.2 Å². The fourth-order valence-electron chi connectivity index (χ4n) is 2.37. The molecular formula is C17H20FN3O4S. The Morgan fingerprint density at radius 1 is 1.04 bits per heavy atom. The smallest absolute Gasteiger partial charge is 0.332 e. The van der Waals surface area contributed by atoms with Crippen molar-refractivity contribution in [1.29, 1.82) is 0 Å². The lowest BCUT2D eigenvalue weighted by Gasteiger charge is -2.23. The van der Waals surface area contributed by atoms with Crippen molar-refractivity contribution < 1.29 is 22.5 Å². The first-order valence-corrected chi connectivity index (χ1v) is 9.27. The average molecular weight is 381 g/mol. The molecule has 2 rings (SSSR count). The number of aryl methyl sites for hydroxylation is 1. The summed E-state index contributed by atoms with van der Waals surface area (Å²) < 4.78 is 34.9. The summed E-state index contributed by atoms with van der Waals surface area (Å²) in [6.07, 6.45) is 0. The van der Waals surface area contributed by atoms with Crippen molar-refractivity contribution in [1.82, 2.24) is 0 Å². The van der Waals surface area contributed by atoms with Crippen LogP contribution in [0.1, 0.15) is 5.56 Å². The van der Waals surface area contributed by atoms with Gasteiger partial charge in [-0.3, -0.25) is 0 Å². The Morgan fingerprint density at radius 3 is 2.31 bits per heavy atom. The highest BCUT2D eigenvalue weighted by Crippen LogP contribution is 2.27. The quantitative estimate of drug-likeness (QED) is 0.541. The van der Waals surface area contributed by atoms with Crippen molar-refractivity contribution in [3.8, 4) is 0 Å². The second-order valence-electron chi connectivity index (χ2n) is 5.54. The molecule has 0 aliphatic heterocycles. The number of anilines is 1. The molecule has 0 spiro atoms. The molecule has 0 aromatic heterocycles. The Hall–Kier alpha value is -2.36. The molecule has 2 aromatic rings. The number of hydrogen-bond donors (Lipinski definition) is 2. The Labute approximate surface area is 151 Å². The summed E-state index contributed by atoms with van der Waals surface area (Å²) in [5, 5.41) is 26.3. The third-order valence-corrected chi connectivity index (χ3v) is 4.47. The van der Waals surface area contributed by atoms with Crippen molar-refractivity contribution >= 4 is 27.3 Å². The van der Waals surface area contributed by atoms with E-state index >= 15 is 0 Å². The fourth-order valence-corrected chi connectivity index (χ4v) is 2.87. The van der Waals surface area contributed by atoms with E-state index in [1.54, 1.807) is 12.1 Å². The van der Waals surface area contributed by atoms with Crippen molar-refractivity contribution in [3.63, 3.8) is 0 Å². The van der Waals surface area contributed by atoms with Gasteiger partial charge >= 0.3 is 10.2 Å². The van der Waals surface area contributed by atoms with Gasteiger partial charge in [-0.05, 0) is 48.9 Å². The molecule has 0 saturated heterocycles. The first-order valence-electron chi connectivity index (χ1n) is 7.89. The van der Waals surface area contributed by atoms with Crippen LogP contribution in [0.2, 0.25) is 0 Å². The Morgan fingerprint density at radius 2 is 1.73 bits per heavy atom. The lowest BCUT2D eigenvalue weighted by Crippen LogP contribution is -2.29. The molecule has 0 unspecified atom stereocenters. The van der Waals surface area contributed by atoms with Crippen molar-refractivity contribution in [3.05, 3.63) is 48.0 Å². The van der Waals surface area contributed by atoms with Gasteiger partial charge in [-0.15, -0.1) is 3.89 Å². The molecule has 0 saturated carbocycles. The van der Waals surface area contributed by atoms with Crippen LogP contribution in [0.25, 0.3) is 0 Å². The zero-order valence-electron chi connectivity index (χ0n) is 14.2. The summed E-state index contributed by atoms with van der Waals surface area (Å²) in [5.41, 5.74) is 2.42. The zero-order valence-corrected chi connectivity index (χ0v) is 15.0. The molecule has 0 radical (unpaired) electrons. The lowest BCUT2D eigenvalue weighted by molar-refractivity contribution is 0.281. The van der Waals surface area contributed by atoms with E-state index < -0.39 is 15.1 Å². The van der Waals surface area contributed by atoms with E-state index in [1.165, 1.54) is 12.1 Å². The predicted molar refractivity (Wildman–Crippen MR) is 96.5 cm³/mol. The first-order chi connectivity index (χ1) is 12.3. The number of halogens is 1. The van der Waals surface area contributed by atoms with Gasteiger partial charge in [0, 0.05) is 18.8 Å². The monoisotopic (exact) mass is 381 g/mol. The van der Waals surface area contributed by atoms with Crippen LogP contribution >= 0.6 is 0 Å². The highest BCUT2D eigenvalue weighted by atomic mass is 32.3. The summed E-state index contributed by atoms with van der Waals surface area (Å²) in [7, 11) is -4.79. The number of nitrogens with zero attached hydrogens (tertiary/aromatic N) is 3. The molecule has 0 bridgehead atoms. The van der Waals surface area contributed by atoms with Crippen molar-refractivity contribution in [2.24, 2.45) is 10.2 Å². The van der Waals surface area contributed by atoms with Crippen LogP contribution in [0.4, 0.5) is 20.9 Å². The molecule has 0 amide bonds. The van der Waals surface area contributed by atoms with Crippen LogP contribution in [0.5, 0.6) is 0 Å². The summed E-state index contributed by atoms with van der Waals surface area (Å²) in [4.78, 5) is 1.37. The second-order valence-corrected chi connectivity index (χ2v) is 6.89.